The number of allylic oxidation sites excluding steroid dienone is 1. The quantitative estimate of drug-likeness (QED) is 0.451. The highest BCUT2D eigenvalue weighted by Gasteiger charge is 2.26. The first-order chi connectivity index (χ1) is 7.65. The van der Waals surface area contributed by atoms with Crippen LogP contribution in [-0.2, 0) is 0 Å². The van der Waals surface area contributed by atoms with E-state index in [4.69, 9.17) is 0 Å². The topological polar surface area (TPSA) is 0 Å². The van der Waals surface area contributed by atoms with E-state index < -0.39 is 6.69 Å². The molecule has 1 unspecified atom stereocenters. The second-order valence-electron chi connectivity index (χ2n) is 4.22. The molecule has 0 saturated carbocycles. The molecule has 0 bridgehead atoms. The molecule has 0 amide bonds. The molecule has 0 radical (unpaired) electrons. The molecular formula is C14H15BrSi. The Morgan fingerprint density at radius 1 is 1.19 bits per heavy atom. The zero-order chi connectivity index (χ0) is 11.6. The summed E-state index contributed by atoms with van der Waals surface area (Å²) in [4.78, 5) is 0. The van der Waals surface area contributed by atoms with Gasteiger partial charge >= 0.3 is 0 Å². The van der Waals surface area contributed by atoms with Gasteiger partial charge in [-0.15, -0.1) is 21.9 Å². The van der Waals surface area contributed by atoms with E-state index in [1.54, 1.807) is 0 Å². The van der Waals surface area contributed by atoms with E-state index in [1.165, 1.54) is 16.0 Å². The predicted octanol–water partition coefficient (Wildman–Crippen LogP) is 4.20. The minimum absolute atomic E-state index is 1.06. The highest BCUT2D eigenvalue weighted by atomic mass is 79.9. The summed E-state index contributed by atoms with van der Waals surface area (Å²) in [5, 5.41) is 4.16. The van der Waals surface area contributed by atoms with Gasteiger partial charge in [0.2, 0.25) is 0 Å². The van der Waals surface area contributed by atoms with Crippen molar-refractivity contribution in [3.8, 4) is 0 Å². The van der Waals surface area contributed by atoms with Crippen molar-refractivity contribution in [3.63, 3.8) is 0 Å². The van der Waals surface area contributed by atoms with Crippen LogP contribution in [0, 0.1) is 0 Å². The smallest absolute Gasteiger partial charge is 0.120 e. The van der Waals surface area contributed by atoms with Gasteiger partial charge in [0.1, 0.15) is 0 Å². The Bertz CT molecular complexity index is 512. The van der Waals surface area contributed by atoms with E-state index in [-0.39, 0.29) is 0 Å². The third-order valence-corrected chi connectivity index (χ3v) is 7.75. The van der Waals surface area contributed by atoms with Crippen LogP contribution in [0.5, 0.6) is 0 Å². The van der Waals surface area contributed by atoms with E-state index in [9.17, 15) is 0 Å². The van der Waals surface area contributed by atoms with Crippen molar-refractivity contribution < 1.29 is 0 Å². The summed E-state index contributed by atoms with van der Waals surface area (Å²) in [5.74, 6) is 0. The molecule has 0 nitrogen and oxygen atoms in total. The fourth-order valence-corrected chi connectivity index (χ4v) is 5.78. The van der Waals surface area contributed by atoms with Gasteiger partial charge in [0, 0.05) is 0 Å². The van der Waals surface area contributed by atoms with Crippen molar-refractivity contribution in [2.45, 2.75) is 12.6 Å². The summed E-state index contributed by atoms with van der Waals surface area (Å²) in [7, 11) is 0. The first-order valence-electron chi connectivity index (χ1n) is 5.43. The van der Waals surface area contributed by atoms with Crippen molar-refractivity contribution in [2.75, 3.05) is 0 Å². The molecule has 2 aromatic carbocycles. The molecule has 0 N–H and O–H groups in total. The van der Waals surface area contributed by atoms with E-state index >= 15 is 0 Å². The summed E-state index contributed by atoms with van der Waals surface area (Å²) in [5.41, 5.74) is 0. The molecule has 0 heterocycles. The van der Waals surface area contributed by atoms with Crippen molar-refractivity contribution in [1.29, 1.82) is 0 Å². The summed E-state index contributed by atoms with van der Waals surface area (Å²) in [6, 6.07) is 16.2. The van der Waals surface area contributed by atoms with Gasteiger partial charge in [-0.25, -0.2) is 0 Å². The monoisotopic (exact) mass is 290 g/mol. The molecule has 0 aliphatic heterocycles. The standard InChI is InChI=1S/C14H15BrSi/c1-3-11-16(2,15)14-10-6-8-12-7-4-5-9-13(12)14/h3-10H,1,11H2,2H3. The van der Waals surface area contributed by atoms with E-state index in [0.717, 1.165) is 6.04 Å². The average molecular weight is 291 g/mol. The zero-order valence-corrected chi connectivity index (χ0v) is 12.0. The third kappa shape index (κ3) is 2.13. The molecule has 1 atom stereocenters. The number of fused-ring (bicyclic) bond motifs is 1. The molecule has 16 heavy (non-hydrogen) atoms. The Morgan fingerprint density at radius 2 is 1.88 bits per heavy atom. The average Bonchev–Trinajstić information content (AvgIpc) is 2.28. The molecule has 2 heteroatoms. The molecule has 0 aromatic heterocycles. The SMILES string of the molecule is C=CC[Si](C)(Br)c1cccc2ccccc12. The van der Waals surface area contributed by atoms with Gasteiger partial charge in [0.25, 0.3) is 0 Å². The van der Waals surface area contributed by atoms with Crippen LogP contribution in [0.25, 0.3) is 10.8 Å². The molecule has 2 rings (SSSR count). The van der Waals surface area contributed by atoms with Crippen molar-refractivity contribution in [2.24, 2.45) is 0 Å². The predicted molar refractivity (Wildman–Crippen MR) is 79.1 cm³/mol. The fraction of sp³-hybridized carbons (Fsp3) is 0.143. The molecule has 82 valence electrons. The molecule has 0 fully saturated rings. The lowest BCUT2D eigenvalue weighted by Crippen LogP contribution is -2.37. The first kappa shape index (κ1) is 11.6. The van der Waals surface area contributed by atoms with E-state index in [0.29, 0.717) is 0 Å². The second kappa shape index (κ2) is 4.56. The lowest BCUT2D eigenvalue weighted by molar-refractivity contribution is 1.64. The van der Waals surface area contributed by atoms with Gasteiger partial charge in [-0.05, 0) is 22.0 Å². The Hall–Kier alpha value is -0.863. The van der Waals surface area contributed by atoms with Crippen molar-refractivity contribution in [1.82, 2.24) is 0 Å². The summed E-state index contributed by atoms with van der Waals surface area (Å²) in [6.07, 6.45) is 2.02. The fourth-order valence-electron chi connectivity index (χ4n) is 2.06. The minimum Gasteiger partial charge on any atom is -0.120 e. The summed E-state index contributed by atoms with van der Waals surface area (Å²) >= 11 is 3.94. The third-order valence-electron chi connectivity index (χ3n) is 2.88. The van der Waals surface area contributed by atoms with Gasteiger partial charge in [-0.1, -0.05) is 55.1 Å². The van der Waals surface area contributed by atoms with Crippen LogP contribution in [0.4, 0.5) is 0 Å². The first-order valence-corrected chi connectivity index (χ1v) is 10.4. The Morgan fingerprint density at radius 3 is 2.62 bits per heavy atom. The Balaban J connectivity index is 2.64. The van der Waals surface area contributed by atoms with Gasteiger partial charge in [0.05, 0.1) is 0 Å². The molecule has 0 aliphatic rings. The van der Waals surface area contributed by atoms with E-state index in [1.807, 2.05) is 6.08 Å². The van der Waals surface area contributed by atoms with Gasteiger partial charge in [-0.3, -0.25) is 0 Å². The number of hydrogen-bond acceptors (Lipinski definition) is 0. The van der Waals surface area contributed by atoms with Crippen LogP contribution in [0.2, 0.25) is 12.6 Å². The van der Waals surface area contributed by atoms with Crippen LogP contribution in [0.15, 0.2) is 55.1 Å². The summed E-state index contributed by atoms with van der Waals surface area (Å²) in [6.45, 7) is 4.64. The largest absolute Gasteiger partial charge is 0.161 e. The Kier molecular flexibility index (Phi) is 3.31. The second-order valence-corrected chi connectivity index (χ2v) is 12.8. The van der Waals surface area contributed by atoms with Gasteiger partial charge in [0.15, 0.2) is 6.69 Å². The van der Waals surface area contributed by atoms with Crippen LogP contribution < -0.4 is 5.19 Å². The maximum absolute atomic E-state index is 3.94. The minimum atomic E-state index is -1.55. The number of hydrogen-bond donors (Lipinski definition) is 0. The highest BCUT2D eigenvalue weighted by molar-refractivity contribution is 9.26. The van der Waals surface area contributed by atoms with Gasteiger partial charge < -0.3 is 0 Å². The molecule has 2 aromatic rings. The van der Waals surface area contributed by atoms with Gasteiger partial charge in [-0.2, -0.15) is 0 Å². The lowest BCUT2D eigenvalue weighted by atomic mass is 10.1. The Labute approximate surface area is 106 Å². The molecule has 0 saturated heterocycles. The zero-order valence-electron chi connectivity index (χ0n) is 9.41. The van der Waals surface area contributed by atoms with Crippen LogP contribution in [-0.4, -0.2) is 6.69 Å². The van der Waals surface area contributed by atoms with Crippen LogP contribution in [0.3, 0.4) is 0 Å². The maximum Gasteiger partial charge on any atom is 0.161 e. The lowest BCUT2D eigenvalue weighted by Gasteiger charge is -2.20. The van der Waals surface area contributed by atoms with Crippen LogP contribution in [0.1, 0.15) is 0 Å². The maximum atomic E-state index is 3.94. The number of halogens is 1. The highest BCUT2D eigenvalue weighted by Crippen LogP contribution is 2.23. The normalized spacial score (nSPS) is 14.6. The molecule has 0 spiro atoms. The van der Waals surface area contributed by atoms with E-state index in [2.05, 4.69) is 70.9 Å². The van der Waals surface area contributed by atoms with Crippen molar-refractivity contribution >= 4 is 37.9 Å². The number of benzene rings is 2. The number of rotatable bonds is 3. The summed E-state index contributed by atoms with van der Waals surface area (Å²) < 4.78 is 0. The van der Waals surface area contributed by atoms with Crippen LogP contribution >= 0.6 is 15.3 Å². The molecular weight excluding hydrogens is 276 g/mol. The van der Waals surface area contributed by atoms with Crippen molar-refractivity contribution in [3.05, 3.63) is 55.1 Å². The molecule has 0 aliphatic carbocycles.